The van der Waals surface area contributed by atoms with Crippen LogP contribution in [0.1, 0.15) is 29.7 Å². The van der Waals surface area contributed by atoms with Crippen LogP contribution in [0.4, 0.5) is 10.1 Å². The van der Waals surface area contributed by atoms with E-state index < -0.39 is 0 Å². The number of methoxy groups -OCH3 is 1. The average Bonchev–Trinajstić information content (AvgIpc) is 2.43. The van der Waals surface area contributed by atoms with Crippen LogP contribution < -0.4 is 10.1 Å². The summed E-state index contributed by atoms with van der Waals surface area (Å²) < 4.78 is 18.8. The molecule has 3 heteroatoms. The van der Waals surface area contributed by atoms with Crippen molar-refractivity contribution in [3.63, 3.8) is 0 Å². The Kier molecular flexibility index (Phi) is 4.28. The van der Waals surface area contributed by atoms with Gasteiger partial charge < -0.3 is 10.1 Å². The van der Waals surface area contributed by atoms with Crippen molar-refractivity contribution >= 4 is 5.69 Å². The average molecular weight is 273 g/mol. The number of ether oxygens (including phenoxy) is 1. The highest BCUT2D eigenvalue weighted by molar-refractivity contribution is 5.54. The molecule has 0 aliphatic heterocycles. The van der Waals surface area contributed by atoms with Gasteiger partial charge in [0, 0.05) is 11.7 Å². The second-order valence-corrected chi connectivity index (χ2v) is 5.06. The smallest absolute Gasteiger partial charge is 0.126 e. The Labute approximate surface area is 119 Å². The zero-order valence-electron chi connectivity index (χ0n) is 12.3. The molecule has 0 aromatic heterocycles. The summed E-state index contributed by atoms with van der Waals surface area (Å²) >= 11 is 0. The molecule has 0 heterocycles. The SMILES string of the molecule is COc1ccc(NC(C)c2ccc(C)c(F)c2)c(C)c1. The molecule has 106 valence electrons. The molecule has 2 rings (SSSR count). The highest BCUT2D eigenvalue weighted by Crippen LogP contribution is 2.26. The van der Waals surface area contributed by atoms with Gasteiger partial charge in [0.1, 0.15) is 11.6 Å². The van der Waals surface area contributed by atoms with E-state index in [-0.39, 0.29) is 11.9 Å². The van der Waals surface area contributed by atoms with Gasteiger partial charge in [-0.3, -0.25) is 0 Å². The van der Waals surface area contributed by atoms with E-state index >= 15 is 0 Å². The van der Waals surface area contributed by atoms with Crippen molar-refractivity contribution < 1.29 is 9.13 Å². The zero-order valence-corrected chi connectivity index (χ0v) is 12.3. The molecule has 2 aromatic rings. The third-order valence-electron chi connectivity index (χ3n) is 3.50. The Morgan fingerprint density at radius 1 is 1.05 bits per heavy atom. The number of hydrogen-bond donors (Lipinski definition) is 1. The first kappa shape index (κ1) is 14.4. The normalized spacial score (nSPS) is 12.1. The molecular weight excluding hydrogens is 253 g/mol. The molecule has 2 nitrogen and oxygen atoms in total. The van der Waals surface area contributed by atoms with Gasteiger partial charge >= 0.3 is 0 Å². The topological polar surface area (TPSA) is 21.3 Å². The van der Waals surface area contributed by atoms with Crippen molar-refractivity contribution in [2.24, 2.45) is 0 Å². The van der Waals surface area contributed by atoms with Crippen molar-refractivity contribution in [2.75, 3.05) is 12.4 Å². The second-order valence-electron chi connectivity index (χ2n) is 5.06. The fraction of sp³-hybridized carbons (Fsp3) is 0.294. The third kappa shape index (κ3) is 3.10. The van der Waals surface area contributed by atoms with E-state index in [2.05, 4.69) is 5.32 Å². The van der Waals surface area contributed by atoms with E-state index in [0.717, 1.165) is 22.6 Å². The summed E-state index contributed by atoms with van der Waals surface area (Å²) in [5.41, 5.74) is 3.73. The lowest BCUT2D eigenvalue weighted by Crippen LogP contribution is -2.08. The summed E-state index contributed by atoms with van der Waals surface area (Å²) in [5, 5.41) is 3.40. The molecule has 2 aromatic carbocycles. The Balaban J connectivity index is 2.18. The molecule has 0 aliphatic carbocycles. The molecule has 0 radical (unpaired) electrons. The van der Waals surface area contributed by atoms with E-state index in [0.29, 0.717) is 5.56 Å². The largest absolute Gasteiger partial charge is 0.497 e. The first-order valence-corrected chi connectivity index (χ1v) is 6.68. The summed E-state index contributed by atoms with van der Waals surface area (Å²) in [6.07, 6.45) is 0. The van der Waals surface area contributed by atoms with Crippen molar-refractivity contribution in [1.82, 2.24) is 0 Å². The molecule has 1 unspecified atom stereocenters. The van der Waals surface area contributed by atoms with Crippen molar-refractivity contribution in [1.29, 1.82) is 0 Å². The summed E-state index contributed by atoms with van der Waals surface area (Å²) in [5.74, 6) is 0.671. The zero-order chi connectivity index (χ0) is 14.7. The number of rotatable bonds is 4. The first-order chi connectivity index (χ1) is 9.51. The quantitative estimate of drug-likeness (QED) is 0.877. The van der Waals surface area contributed by atoms with Crippen LogP contribution >= 0.6 is 0 Å². The molecule has 0 saturated heterocycles. The van der Waals surface area contributed by atoms with E-state index in [9.17, 15) is 4.39 Å². The van der Waals surface area contributed by atoms with Crippen LogP contribution in [-0.2, 0) is 0 Å². The maximum Gasteiger partial charge on any atom is 0.126 e. The maximum absolute atomic E-state index is 13.6. The predicted octanol–water partition coefficient (Wildman–Crippen LogP) is 4.62. The van der Waals surface area contributed by atoms with Crippen LogP contribution in [0.3, 0.4) is 0 Å². The fourth-order valence-electron chi connectivity index (χ4n) is 2.12. The molecule has 0 amide bonds. The molecule has 0 saturated carbocycles. The number of hydrogen-bond acceptors (Lipinski definition) is 2. The summed E-state index contributed by atoms with van der Waals surface area (Å²) in [6.45, 7) is 5.81. The van der Waals surface area contributed by atoms with Gasteiger partial charge in [-0.25, -0.2) is 4.39 Å². The molecule has 0 bridgehead atoms. The van der Waals surface area contributed by atoms with Crippen molar-refractivity contribution in [3.8, 4) is 5.75 Å². The lowest BCUT2D eigenvalue weighted by Gasteiger charge is -2.18. The van der Waals surface area contributed by atoms with Crippen LogP contribution in [0.5, 0.6) is 5.75 Å². The number of nitrogens with one attached hydrogen (secondary N) is 1. The van der Waals surface area contributed by atoms with Crippen LogP contribution in [0.15, 0.2) is 36.4 Å². The van der Waals surface area contributed by atoms with E-state index in [1.54, 1.807) is 20.1 Å². The fourth-order valence-corrected chi connectivity index (χ4v) is 2.12. The highest BCUT2D eigenvalue weighted by atomic mass is 19.1. The van der Waals surface area contributed by atoms with Gasteiger partial charge in [-0.1, -0.05) is 12.1 Å². The number of aryl methyl sites for hydroxylation is 2. The van der Waals surface area contributed by atoms with Gasteiger partial charge in [0.2, 0.25) is 0 Å². The van der Waals surface area contributed by atoms with Crippen molar-refractivity contribution in [3.05, 3.63) is 58.9 Å². The van der Waals surface area contributed by atoms with E-state index in [1.165, 1.54) is 0 Å². The highest BCUT2D eigenvalue weighted by Gasteiger charge is 2.09. The summed E-state index contributed by atoms with van der Waals surface area (Å²) in [6, 6.07) is 11.3. The van der Waals surface area contributed by atoms with Crippen molar-refractivity contribution in [2.45, 2.75) is 26.8 Å². The Morgan fingerprint density at radius 2 is 1.80 bits per heavy atom. The van der Waals surface area contributed by atoms with E-state index in [1.807, 2.05) is 44.2 Å². The second kappa shape index (κ2) is 5.95. The van der Waals surface area contributed by atoms with Crippen LogP contribution in [0.2, 0.25) is 0 Å². The molecule has 0 fully saturated rings. The minimum atomic E-state index is -0.164. The minimum Gasteiger partial charge on any atom is -0.497 e. The standard InChI is InChI=1S/C17H20FNO/c1-11-5-6-14(10-16(11)18)13(3)19-17-8-7-15(20-4)9-12(17)2/h5-10,13,19H,1-4H3. The molecule has 1 N–H and O–H groups in total. The van der Waals surface area contributed by atoms with Crippen LogP contribution in [0, 0.1) is 19.7 Å². The molecule has 0 aliphatic rings. The lowest BCUT2D eigenvalue weighted by molar-refractivity contribution is 0.414. The van der Waals surface area contributed by atoms with Gasteiger partial charge in [-0.2, -0.15) is 0 Å². The Bertz CT molecular complexity index is 610. The van der Waals surface area contributed by atoms with E-state index in [4.69, 9.17) is 4.74 Å². The third-order valence-corrected chi connectivity index (χ3v) is 3.50. The molecular formula is C17H20FNO. The van der Waals surface area contributed by atoms with Gasteiger partial charge in [0.05, 0.1) is 7.11 Å². The Hall–Kier alpha value is -2.03. The molecule has 1 atom stereocenters. The monoisotopic (exact) mass is 273 g/mol. The van der Waals surface area contributed by atoms with Gasteiger partial charge in [-0.05, 0) is 61.7 Å². The summed E-state index contributed by atoms with van der Waals surface area (Å²) in [7, 11) is 1.65. The maximum atomic E-state index is 13.6. The first-order valence-electron chi connectivity index (χ1n) is 6.68. The van der Waals surface area contributed by atoms with Crippen LogP contribution in [0.25, 0.3) is 0 Å². The number of anilines is 1. The lowest BCUT2D eigenvalue weighted by atomic mass is 10.0. The van der Waals surface area contributed by atoms with Gasteiger partial charge in [0.25, 0.3) is 0 Å². The van der Waals surface area contributed by atoms with Gasteiger partial charge in [-0.15, -0.1) is 0 Å². The van der Waals surface area contributed by atoms with Gasteiger partial charge in [0.15, 0.2) is 0 Å². The summed E-state index contributed by atoms with van der Waals surface area (Å²) in [4.78, 5) is 0. The molecule has 20 heavy (non-hydrogen) atoms. The predicted molar refractivity (Wildman–Crippen MR) is 80.9 cm³/mol. The number of benzene rings is 2. The minimum absolute atomic E-state index is 0.0391. The Morgan fingerprint density at radius 3 is 2.40 bits per heavy atom. The number of halogens is 1. The molecule has 0 spiro atoms. The van der Waals surface area contributed by atoms with Crippen LogP contribution in [-0.4, -0.2) is 7.11 Å².